The van der Waals surface area contributed by atoms with Crippen LogP contribution in [-0.2, 0) is 6.42 Å². The van der Waals surface area contributed by atoms with Crippen LogP contribution in [0.4, 0.5) is 0 Å². The van der Waals surface area contributed by atoms with E-state index in [-0.39, 0.29) is 6.04 Å². The zero-order valence-corrected chi connectivity index (χ0v) is 11.7. The first-order valence-corrected chi connectivity index (χ1v) is 6.45. The molecule has 1 aromatic carbocycles. The van der Waals surface area contributed by atoms with Gasteiger partial charge in [0.25, 0.3) is 0 Å². The number of pyridine rings is 1. The minimum atomic E-state index is 0.265. The van der Waals surface area contributed by atoms with Gasteiger partial charge in [-0.1, -0.05) is 12.1 Å². The van der Waals surface area contributed by atoms with Gasteiger partial charge in [0.15, 0.2) is 0 Å². The fraction of sp³-hybridized carbons (Fsp3) is 0.312. The maximum atomic E-state index is 5.27. The van der Waals surface area contributed by atoms with E-state index in [9.17, 15) is 0 Å². The average molecular weight is 256 g/mol. The van der Waals surface area contributed by atoms with Crippen molar-refractivity contribution in [3.8, 4) is 5.75 Å². The fourth-order valence-corrected chi connectivity index (χ4v) is 2.24. The van der Waals surface area contributed by atoms with Gasteiger partial charge in [0, 0.05) is 18.4 Å². The predicted molar refractivity (Wildman–Crippen MR) is 77.5 cm³/mol. The molecular weight excluding hydrogens is 236 g/mol. The van der Waals surface area contributed by atoms with Crippen molar-refractivity contribution < 1.29 is 4.74 Å². The van der Waals surface area contributed by atoms with Crippen LogP contribution in [0, 0.1) is 6.92 Å². The standard InChI is InChI=1S/C16H20N2O/c1-12-7-8-18-11-15(12)16(17-2)10-13-5-4-6-14(9-13)19-3/h4-9,11,16-17H,10H2,1-3H3. The second-order valence-corrected chi connectivity index (χ2v) is 4.63. The van der Waals surface area contributed by atoms with Crippen molar-refractivity contribution in [3.63, 3.8) is 0 Å². The Labute approximate surface area is 114 Å². The van der Waals surface area contributed by atoms with Crippen molar-refractivity contribution in [1.82, 2.24) is 10.3 Å². The molecule has 1 unspecified atom stereocenters. The third-order valence-corrected chi connectivity index (χ3v) is 3.38. The van der Waals surface area contributed by atoms with Crippen LogP contribution >= 0.6 is 0 Å². The number of ether oxygens (including phenoxy) is 1. The van der Waals surface area contributed by atoms with E-state index in [2.05, 4.69) is 29.4 Å². The highest BCUT2D eigenvalue weighted by Gasteiger charge is 2.12. The number of nitrogens with zero attached hydrogens (tertiary/aromatic N) is 1. The van der Waals surface area contributed by atoms with Gasteiger partial charge >= 0.3 is 0 Å². The van der Waals surface area contributed by atoms with Gasteiger partial charge in [0.1, 0.15) is 5.75 Å². The third kappa shape index (κ3) is 3.32. The first-order valence-electron chi connectivity index (χ1n) is 6.45. The van der Waals surface area contributed by atoms with Crippen LogP contribution in [0.3, 0.4) is 0 Å². The summed E-state index contributed by atoms with van der Waals surface area (Å²) in [5.41, 5.74) is 3.76. The van der Waals surface area contributed by atoms with Gasteiger partial charge in [-0.3, -0.25) is 4.98 Å². The number of aryl methyl sites for hydroxylation is 1. The Morgan fingerprint density at radius 3 is 2.84 bits per heavy atom. The molecule has 0 radical (unpaired) electrons. The highest BCUT2D eigenvalue weighted by Crippen LogP contribution is 2.22. The summed E-state index contributed by atoms with van der Waals surface area (Å²) >= 11 is 0. The van der Waals surface area contributed by atoms with E-state index in [0.29, 0.717) is 0 Å². The molecular formula is C16H20N2O. The number of rotatable bonds is 5. The highest BCUT2D eigenvalue weighted by atomic mass is 16.5. The Kier molecular flexibility index (Phi) is 4.53. The second kappa shape index (κ2) is 6.34. The number of likely N-dealkylation sites (N-methyl/N-ethyl adjacent to an activating group) is 1. The van der Waals surface area contributed by atoms with Crippen LogP contribution < -0.4 is 10.1 Å². The molecule has 1 atom stereocenters. The minimum absolute atomic E-state index is 0.265. The van der Waals surface area contributed by atoms with E-state index in [1.807, 2.05) is 37.6 Å². The molecule has 0 aliphatic rings. The number of nitrogens with one attached hydrogen (secondary N) is 1. The van der Waals surface area contributed by atoms with Crippen molar-refractivity contribution in [2.75, 3.05) is 14.2 Å². The summed E-state index contributed by atoms with van der Waals surface area (Å²) < 4.78 is 5.27. The molecule has 0 saturated carbocycles. The lowest BCUT2D eigenvalue weighted by molar-refractivity contribution is 0.414. The SMILES string of the molecule is CNC(Cc1cccc(OC)c1)c1cnccc1C. The molecule has 1 aromatic heterocycles. The molecule has 3 nitrogen and oxygen atoms in total. The van der Waals surface area contributed by atoms with Crippen LogP contribution in [-0.4, -0.2) is 19.1 Å². The van der Waals surface area contributed by atoms with E-state index in [4.69, 9.17) is 4.74 Å². The predicted octanol–water partition coefficient (Wildman–Crippen LogP) is 2.90. The number of hydrogen-bond acceptors (Lipinski definition) is 3. The molecule has 1 N–H and O–H groups in total. The zero-order chi connectivity index (χ0) is 13.7. The molecule has 100 valence electrons. The minimum Gasteiger partial charge on any atom is -0.497 e. The maximum Gasteiger partial charge on any atom is 0.119 e. The van der Waals surface area contributed by atoms with Crippen LogP contribution in [0.15, 0.2) is 42.7 Å². The lowest BCUT2D eigenvalue weighted by Gasteiger charge is -2.18. The molecule has 2 aromatic rings. The number of hydrogen-bond donors (Lipinski definition) is 1. The van der Waals surface area contributed by atoms with Crippen molar-refractivity contribution >= 4 is 0 Å². The molecule has 0 amide bonds. The second-order valence-electron chi connectivity index (χ2n) is 4.63. The van der Waals surface area contributed by atoms with Gasteiger partial charge in [-0.15, -0.1) is 0 Å². The summed E-state index contributed by atoms with van der Waals surface area (Å²) in [6, 6.07) is 10.5. The molecule has 0 saturated heterocycles. The largest absolute Gasteiger partial charge is 0.497 e. The van der Waals surface area contributed by atoms with Crippen molar-refractivity contribution in [2.24, 2.45) is 0 Å². The molecule has 19 heavy (non-hydrogen) atoms. The number of aromatic nitrogens is 1. The molecule has 1 heterocycles. The molecule has 0 spiro atoms. The van der Waals surface area contributed by atoms with Gasteiger partial charge < -0.3 is 10.1 Å². The Morgan fingerprint density at radius 1 is 1.32 bits per heavy atom. The third-order valence-electron chi connectivity index (χ3n) is 3.38. The summed E-state index contributed by atoms with van der Waals surface area (Å²) in [5.74, 6) is 0.898. The topological polar surface area (TPSA) is 34.1 Å². The van der Waals surface area contributed by atoms with E-state index < -0.39 is 0 Å². The summed E-state index contributed by atoms with van der Waals surface area (Å²) in [7, 11) is 3.68. The Morgan fingerprint density at radius 2 is 2.16 bits per heavy atom. The lowest BCUT2D eigenvalue weighted by atomic mass is 9.97. The Balaban J connectivity index is 2.21. The highest BCUT2D eigenvalue weighted by molar-refractivity contribution is 5.32. The molecule has 0 bridgehead atoms. The first kappa shape index (κ1) is 13.6. The van der Waals surface area contributed by atoms with Gasteiger partial charge in [0.05, 0.1) is 7.11 Å². The summed E-state index contributed by atoms with van der Waals surface area (Å²) in [4.78, 5) is 4.23. The smallest absolute Gasteiger partial charge is 0.119 e. The lowest BCUT2D eigenvalue weighted by Crippen LogP contribution is -2.20. The number of benzene rings is 1. The van der Waals surface area contributed by atoms with E-state index in [1.54, 1.807) is 7.11 Å². The fourth-order valence-electron chi connectivity index (χ4n) is 2.24. The maximum absolute atomic E-state index is 5.27. The molecule has 0 aliphatic heterocycles. The zero-order valence-electron chi connectivity index (χ0n) is 11.7. The van der Waals surface area contributed by atoms with Crippen molar-refractivity contribution in [2.45, 2.75) is 19.4 Å². The van der Waals surface area contributed by atoms with Gasteiger partial charge in [-0.05, 0) is 55.3 Å². The van der Waals surface area contributed by atoms with Gasteiger partial charge in [-0.2, -0.15) is 0 Å². The molecule has 3 heteroatoms. The normalized spacial score (nSPS) is 12.2. The molecule has 2 rings (SSSR count). The summed E-state index contributed by atoms with van der Waals surface area (Å²) in [6.45, 7) is 2.12. The Hall–Kier alpha value is -1.87. The van der Waals surface area contributed by atoms with Crippen LogP contribution in [0.25, 0.3) is 0 Å². The van der Waals surface area contributed by atoms with Gasteiger partial charge in [-0.25, -0.2) is 0 Å². The molecule has 0 fully saturated rings. The van der Waals surface area contributed by atoms with E-state index in [0.717, 1.165) is 12.2 Å². The monoisotopic (exact) mass is 256 g/mol. The van der Waals surface area contributed by atoms with Gasteiger partial charge in [0.2, 0.25) is 0 Å². The Bertz CT molecular complexity index is 540. The first-order chi connectivity index (χ1) is 9.24. The van der Waals surface area contributed by atoms with E-state index in [1.165, 1.54) is 16.7 Å². The van der Waals surface area contributed by atoms with Crippen molar-refractivity contribution in [3.05, 3.63) is 59.4 Å². The van der Waals surface area contributed by atoms with E-state index >= 15 is 0 Å². The van der Waals surface area contributed by atoms with Crippen LogP contribution in [0.2, 0.25) is 0 Å². The molecule has 0 aliphatic carbocycles. The van der Waals surface area contributed by atoms with Crippen LogP contribution in [0.1, 0.15) is 22.7 Å². The quantitative estimate of drug-likeness (QED) is 0.893. The number of methoxy groups -OCH3 is 1. The van der Waals surface area contributed by atoms with Crippen molar-refractivity contribution in [1.29, 1.82) is 0 Å². The van der Waals surface area contributed by atoms with Crippen LogP contribution in [0.5, 0.6) is 5.75 Å². The average Bonchev–Trinajstić information content (AvgIpc) is 2.46. The summed E-state index contributed by atoms with van der Waals surface area (Å²) in [5, 5.41) is 3.36. The summed E-state index contributed by atoms with van der Waals surface area (Å²) in [6.07, 6.45) is 4.69.